The van der Waals surface area contributed by atoms with Gasteiger partial charge in [-0.05, 0) is 74.0 Å². The number of benzene rings is 3. The number of rotatable bonds is 7. The fourth-order valence-electron chi connectivity index (χ4n) is 3.76. The molecule has 0 amide bonds. The molecule has 14 heteroatoms. The maximum Gasteiger partial charge on any atom is 0.324 e. The first-order valence-electron chi connectivity index (χ1n) is 10.4. The highest BCUT2D eigenvalue weighted by atomic mass is 35.5. The quantitative estimate of drug-likeness (QED) is 0.311. The summed E-state index contributed by atoms with van der Waals surface area (Å²) in [6.45, 7) is 2.34. The van der Waals surface area contributed by atoms with E-state index < -0.39 is 32.6 Å². The van der Waals surface area contributed by atoms with Gasteiger partial charge in [0, 0.05) is 20.5 Å². The van der Waals surface area contributed by atoms with E-state index in [1.54, 1.807) is 19.9 Å². The predicted octanol–water partition coefficient (Wildman–Crippen LogP) is 5.13. The Bertz CT molecular complexity index is 1750. The summed E-state index contributed by atoms with van der Waals surface area (Å²) in [5, 5.41) is 14.3. The average Bonchev–Trinajstić information content (AvgIpc) is 3.12. The summed E-state index contributed by atoms with van der Waals surface area (Å²) in [6, 6.07) is 12.0. The number of fused-ring (bicyclic) bond motifs is 1. The molecule has 0 radical (unpaired) electrons. The van der Waals surface area contributed by atoms with E-state index in [4.69, 9.17) is 34.8 Å². The maximum absolute atomic E-state index is 13.4. The number of aryl methyl sites for hydroxylation is 2. The fraction of sp³-hybridized carbons (Fsp3) is 0.130. The Morgan fingerprint density at radius 3 is 2.08 bits per heavy atom. The number of aliphatic carboxylic acids is 1. The molecule has 0 atom stereocenters. The van der Waals surface area contributed by atoms with E-state index in [2.05, 4.69) is 5.10 Å². The van der Waals surface area contributed by atoms with Crippen molar-refractivity contribution in [2.24, 2.45) is 0 Å². The van der Waals surface area contributed by atoms with Gasteiger partial charge >= 0.3 is 5.97 Å². The molecule has 1 aromatic heterocycles. The van der Waals surface area contributed by atoms with Gasteiger partial charge in [0.25, 0.3) is 20.0 Å². The lowest BCUT2D eigenvalue weighted by molar-refractivity contribution is -0.135. The second-order valence-corrected chi connectivity index (χ2v) is 13.0. The molecule has 4 rings (SSSR count). The van der Waals surface area contributed by atoms with Crippen LogP contribution in [0.2, 0.25) is 15.1 Å². The van der Waals surface area contributed by atoms with E-state index in [0.717, 1.165) is 16.2 Å². The van der Waals surface area contributed by atoms with E-state index >= 15 is 0 Å². The molecule has 1 heterocycles. The Morgan fingerprint density at radius 1 is 0.892 bits per heavy atom. The third-order valence-corrected chi connectivity index (χ3v) is 9.32. The van der Waals surface area contributed by atoms with Crippen molar-refractivity contribution in [2.45, 2.75) is 23.6 Å². The van der Waals surface area contributed by atoms with Crippen LogP contribution in [0, 0.1) is 13.8 Å². The minimum absolute atomic E-state index is 0.0235. The van der Waals surface area contributed by atoms with Crippen molar-refractivity contribution in [3.8, 4) is 0 Å². The topological polar surface area (TPSA) is 127 Å². The molecule has 9 nitrogen and oxygen atoms in total. The van der Waals surface area contributed by atoms with E-state index in [-0.39, 0.29) is 41.8 Å². The molecule has 0 aliphatic carbocycles. The van der Waals surface area contributed by atoms with Gasteiger partial charge in [-0.1, -0.05) is 34.8 Å². The van der Waals surface area contributed by atoms with Crippen molar-refractivity contribution in [3.63, 3.8) is 0 Å². The second-order valence-electron chi connectivity index (χ2n) is 8.11. The summed E-state index contributed by atoms with van der Waals surface area (Å²) < 4.78 is 55.1. The van der Waals surface area contributed by atoms with Gasteiger partial charge < -0.3 is 5.11 Å². The third kappa shape index (κ3) is 5.27. The van der Waals surface area contributed by atoms with Gasteiger partial charge in [0.2, 0.25) is 0 Å². The molecule has 1 N–H and O–H groups in total. The summed E-state index contributed by atoms with van der Waals surface area (Å²) in [6.07, 6.45) is 0. The summed E-state index contributed by atoms with van der Waals surface area (Å²) in [7, 11) is -8.58. The number of hydrogen-bond acceptors (Lipinski definition) is 6. The van der Waals surface area contributed by atoms with Crippen molar-refractivity contribution in [3.05, 3.63) is 80.9 Å². The lowest BCUT2D eigenvalue weighted by Gasteiger charge is -2.23. The number of halogens is 3. The second kappa shape index (κ2) is 9.80. The van der Waals surface area contributed by atoms with E-state index in [1.807, 2.05) is 0 Å². The Morgan fingerprint density at radius 2 is 1.49 bits per heavy atom. The van der Waals surface area contributed by atoms with E-state index in [1.165, 1.54) is 36.4 Å². The average molecular weight is 603 g/mol. The van der Waals surface area contributed by atoms with Gasteiger partial charge in [-0.15, -0.1) is 0 Å². The molecule has 3 aromatic carbocycles. The summed E-state index contributed by atoms with van der Waals surface area (Å²) in [4.78, 5) is 11.2. The van der Waals surface area contributed by atoms with Gasteiger partial charge in [-0.3, -0.25) is 9.10 Å². The van der Waals surface area contributed by atoms with Crippen LogP contribution < -0.4 is 4.31 Å². The lowest BCUT2D eigenvalue weighted by Crippen LogP contribution is -2.35. The fourth-order valence-corrected chi connectivity index (χ4v) is 7.70. The van der Waals surface area contributed by atoms with Gasteiger partial charge in [-0.25, -0.2) is 8.42 Å². The van der Waals surface area contributed by atoms with E-state index in [0.29, 0.717) is 15.3 Å². The Labute approximate surface area is 227 Å². The van der Waals surface area contributed by atoms with Crippen molar-refractivity contribution < 1.29 is 26.7 Å². The summed E-state index contributed by atoms with van der Waals surface area (Å²) in [5.74, 6) is -1.41. The molecular weight excluding hydrogens is 585 g/mol. The van der Waals surface area contributed by atoms with E-state index in [9.17, 15) is 26.7 Å². The van der Waals surface area contributed by atoms with Crippen LogP contribution >= 0.6 is 34.8 Å². The number of carboxylic acid groups (broad SMARTS) is 1. The minimum atomic E-state index is -4.43. The number of carboxylic acids is 1. The van der Waals surface area contributed by atoms with Gasteiger partial charge in [0.1, 0.15) is 6.54 Å². The lowest BCUT2D eigenvalue weighted by atomic mass is 10.2. The minimum Gasteiger partial charge on any atom is -0.480 e. The Balaban J connectivity index is 1.88. The zero-order valence-electron chi connectivity index (χ0n) is 19.2. The third-order valence-electron chi connectivity index (χ3n) is 5.35. The van der Waals surface area contributed by atoms with Crippen LogP contribution in [0.4, 0.5) is 5.69 Å². The van der Waals surface area contributed by atoms with Gasteiger partial charge in [-0.2, -0.15) is 17.6 Å². The maximum atomic E-state index is 13.4. The first kappa shape index (κ1) is 27.2. The predicted molar refractivity (Wildman–Crippen MR) is 142 cm³/mol. The molecular formula is C23H18Cl3N3O6S2. The normalized spacial score (nSPS) is 12.1. The number of nitrogens with zero attached hydrogens (tertiary/aromatic N) is 3. The first-order chi connectivity index (χ1) is 17.2. The number of anilines is 1. The van der Waals surface area contributed by atoms with Crippen molar-refractivity contribution in [2.75, 3.05) is 10.8 Å². The SMILES string of the molecule is Cc1cc(Cl)cc(S(=O)(=O)n2nc(C)c3cc(N(CC(=O)O)S(=O)(=O)c4cc(Cl)cc(Cl)c4)ccc32)c1. The van der Waals surface area contributed by atoms with Crippen molar-refractivity contribution in [1.82, 2.24) is 9.19 Å². The standard InChI is InChI=1S/C23H18Cl3N3O6S2/c1-13-5-15(24)8-19(6-13)37(34,35)29-22-4-3-18(11-21(22)14(2)27-29)28(12-23(30)31)36(32,33)20-9-16(25)7-17(26)10-20/h3-11H,12H2,1-2H3,(H,30,31). The molecule has 0 aliphatic heterocycles. The van der Waals surface area contributed by atoms with Crippen LogP contribution in [0.15, 0.2) is 64.4 Å². The Hall–Kier alpha value is -2.83. The molecule has 0 unspecified atom stereocenters. The zero-order valence-corrected chi connectivity index (χ0v) is 23.1. The van der Waals surface area contributed by atoms with Crippen LogP contribution in [0.1, 0.15) is 11.3 Å². The van der Waals surface area contributed by atoms with Crippen LogP contribution in [-0.2, 0) is 24.8 Å². The molecule has 194 valence electrons. The zero-order chi connectivity index (χ0) is 27.3. The molecule has 0 spiro atoms. The van der Waals surface area contributed by atoms with Crippen molar-refractivity contribution >= 4 is 77.4 Å². The molecule has 0 saturated heterocycles. The van der Waals surface area contributed by atoms with Gasteiger partial charge in [0.05, 0.1) is 26.7 Å². The number of carbonyl (C=O) groups is 1. The highest BCUT2D eigenvalue weighted by Gasteiger charge is 2.29. The largest absolute Gasteiger partial charge is 0.480 e. The smallest absolute Gasteiger partial charge is 0.324 e. The highest BCUT2D eigenvalue weighted by Crippen LogP contribution is 2.32. The Kier molecular flexibility index (Phi) is 7.21. The molecule has 0 aliphatic rings. The molecule has 37 heavy (non-hydrogen) atoms. The molecule has 0 saturated carbocycles. The monoisotopic (exact) mass is 601 g/mol. The van der Waals surface area contributed by atoms with Crippen LogP contribution in [0.3, 0.4) is 0 Å². The highest BCUT2D eigenvalue weighted by molar-refractivity contribution is 7.93. The van der Waals surface area contributed by atoms with Crippen LogP contribution in [-0.4, -0.2) is 43.6 Å². The summed E-state index contributed by atoms with van der Waals surface area (Å²) >= 11 is 18.0. The molecule has 0 fully saturated rings. The molecule has 4 aromatic rings. The first-order valence-corrected chi connectivity index (χ1v) is 14.4. The number of sulfonamides is 1. The number of aromatic nitrogens is 2. The van der Waals surface area contributed by atoms with Crippen LogP contribution in [0.25, 0.3) is 10.9 Å². The van der Waals surface area contributed by atoms with Crippen molar-refractivity contribution in [1.29, 1.82) is 0 Å². The summed E-state index contributed by atoms with van der Waals surface area (Å²) in [5.41, 5.74) is 1.05. The van der Waals surface area contributed by atoms with Crippen LogP contribution in [0.5, 0.6) is 0 Å². The number of hydrogen-bond donors (Lipinski definition) is 1. The molecule has 0 bridgehead atoms. The van der Waals surface area contributed by atoms with Gasteiger partial charge in [0.15, 0.2) is 0 Å².